The van der Waals surface area contributed by atoms with E-state index in [-0.39, 0.29) is 35.2 Å². The van der Waals surface area contributed by atoms with Crippen molar-refractivity contribution >= 4 is 17.6 Å². The van der Waals surface area contributed by atoms with Crippen LogP contribution >= 0.6 is 0 Å². The third-order valence-electron chi connectivity index (χ3n) is 8.35. The zero-order valence-electron chi connectivity index (χ0n) is 26.9. The lowest BCUT2D eigenvalue weighted by molar-refractivity contribution is -0.880. The van der Waals surface area contributed by atoms with Crippen LogP contribution in [0.25, 0.3) is 0 Å². The first-order valence-corrected chi connectivity index (χ1v) is 15.2. The predicted molar refractivity (Wildman–Crippen MR) is 173 cm³/mol. The van der Waals surface area contributed by atoms with Crippen LogP contribution in [0.4, 0.5) is 5.69 Å². The molecule has 10 heteroatoms. The number of allylic oxidation sites excluding steroid dienone is 2. The molecule has 0 saturated carbocycles. The number of nitro benzene ring substituents is 1. The average Bonchev–Trinajstić information content (AvgIpc) is 3.04. The SMILES string of the molecule is COC(=O)C1=C(C)NC(C)=C(C(=O)OC(C)CC[NH+](C)CCC(c2ccccc2)c2ccccc2)C1c1cccc([N+](=O)[O-])c1.[Cl-]. The van der Waals surface area contributed by atoms with Gasteiger partial charge in [0, 0.05) is 42.3 Å². The van der Waals surface area contributed by atoms with Crippen molar-refractivity contribution in [2.24, 2.45) is 0 Å². The van der Waals surface area contributed by atoms with Gasteiger partial charge in [0.15, 0.2) is 0 Å². The fraction of sp³-hybridized carbons (Fsp3) is 0.333. The molecule has 0 fully saturated rings. The van der Waals surface area contributed by atoms with Crippen LogP contribution in [0.2, 0.25) is 0 Å². The van der Waals surface area contributed by atoms with Gasteiger partial charge in [-0.2, -0.15) is 0 Å². The Bertz CT molecular complexity index is 1540. The van der Waals surface area contributed by atoms with Crippen molar-refractivity contribution in [3.05, 3.63) is 134 Å². The summed E-state index contributed by atoms with van der Waals surface area (Å²) in [6.07, 6.45) is 1.21. The Morgan fingerprint density at radius 1 is 0.870 bits per heavy atom. The van der Waals surface area contributed by atoms with Crippen molar-refractivity contribution in [3.63, 3.8) is 0 Å². The number of rotatable bonds is 13. The first-order valence-electron chi connectivity index (χ1n) is 15.2. The minimum absolute atomic E-state index is 0. The third kappa shape index (κ3) is 8.83. The van der Waals surface area contributed by atoms with Gasteiger partial charge in [-0.05, 0) is 37.5 Å². The zero-order valence-corrected chi connectivity index (χ0v) is 27.7. The number of non-ortho nitro benzene ring substituents is 1. The van der Waals surface area contributed by atoms with Crippen molar-refractivity contribution in [2.75, 3.05) is 27.2 Å². The van der Waals surface area contributed by atoms with Gasteiger partial charge >= 0.3 is 11.9 Å². The van der Waals surface area contributed by atoms with Gasteiger partial charge in [0.25, 0.3) is 5.69 Å². The summed E-state index contributed by atoms with van der Waals surface area (Å²) in [5.74, 6) is -1.81. The van der Waals surface area contributed by atoms with Crippen molar-refractivity contribution in [3.8, 4) is 0 Å². The normalized spacial score (nSPS) is 15.8. The Morgan fingerprint density at radius 2 is 1.41 bits per heavy atom. The maximum Gasteiger partial charge on any atom is 0.337 e. The van der Waals surface area contributed by atoms with Gasteiger partial charge in [-0.3, -0.25) is 10.1 Å². The van der Waals surface area contributed by atoms with Gasteiger partial charge in [0.2, 0.25) is 0 Å². The quantitative estimate of drug-likeness (QED) is 0.166. The summed E-state index contributed by atoms with van der Waals surface area (Å²) >= 11 is 0. The van der Waals surface area contributed by atoms with Gasteiger partial charge < -0.3 is 32.1 Å². The molecule has 3 atom stereocenters. The van der Waals surface area contributed by atoms with Crippen molar-refractivity contribution < 1.29 is 41.3 Å². The van der Waals surface area contributed by atoms with E-state index in [0.29, 0.717) is 23.4 Å². The number of hydrogen-bond donors (Lipinski definition) is 2. The van der Waals surface area contributed by atoms with E-state index in [1.807, 2.05) is 19.1 Å². The number of halogens is 1. The van der Waals surface area contributed by atoms with E-state index in [2.05, 4.69) is 60.9 Å². The second kappa shape index (κ2) is 16.7. The molecule has 3 aromatic carbocycles. The maximum atomic E-state index is 13.7. The van der Waals surface area contributed by atoms with Gasteiger partial charge in [-0.15, -0.1) is 0 Å². The number of dihydropyridines is 1. The number of ether oxygens (including phenoxy) is 2. The molecule has 2 N–H and O–H groups in total. The third-order valence-corrected chi connectivity index (χ3v) is 8.35. The molecule has 9 nitrogen and oxygen atoms in total. The minimum atomic E-state index is -0.889. The second-order valence-corrected chi connectivity index (χ2v) is 11.6. The Balaban J connectivity index is 0.00000576. The number of benzene rings is 3. The van der Waals surface area contributed by atoms with E-state index < -0.39 is 28.9 Å². The highest BCUT2D eigenvalue weighted by Gasteiger charge is 2.38. The summed E-state index contributed by atoms with van der Waals surface area (Å²) in [6, 6.07) is 27.0. The number of nitro groups is 1. The van der Waals surface area contributed by atoms with Crippen molar-refractivity contribution in [1.29, 1.82) is 0 Å². The first-order chi connectivity index (χ1) is 21.6. The molecule has 0 aliphatic carbocycles. The molecule has 0 spiro atoms. The number of quaternary nitrogens is 1. The fourth-order valence-corrected chi connectivity index (χ4v) is 5.96. The van der Waals surface area contributed by atoms with Crippen molar-refractivity contribution in [1.82, 2.24) is 5.32 Å². The molecule has 0 aromatic heterocycles. The van der Waals surface area contributed by atoms with E-state index in [4.69, 9.17) is 9.47 Å². The van der Waals surface area contributed by atoms with Crippen molar-refractivity contribution in [2.45, 2.75) is 51.6 Å². The molecule has 1 aliphatic heterocycles. The van der Waals surface area contributed by atoms with E-state index in [0.717, 1.165) is 19.5 Å². The number of hydrogen-bond acceptors (Lipinski definition) is 7. The smallest absolute Gasteiger partial charge is 0.337 e. The molecule has 0 amide bonds. The van der Waals surface area contributed by atoms with E-state index in [1.165, 1.54) is 35.3 Å². The van der Waals surface area contributed by atoms with Crippen LogP contribution in [0.5, 0.6) is 0 Å². The zero-order chi connectivity index (χ0) is 32.5. The summed E-state index contributed by atoms with van der Waals surface area (Å²) in [5, 5.41) is 14.6. The van der Waals surface area contributed by atoms with Crippen LogP contribution in [0.3, 0.4) is 0 Å². The average molecular weight is 648 g/mol. The molecule has 0 bridgehead atoms. The van der Waals surface area contributed by atoms with Gasteiger partial charge in [0.1, 0.15) is 6.10 Å². The molecule has 46 heavy (non-hydrogen) atoms. The summed E-state index contributed by atoms with van der Waals surface area (Å²) in [6.45, 7) is 7.03. The molecule has 1 aliphatic rings. The lowest BCUT2D eigenvalue weighted by atomic mass is 9.80. The molecule has 4 rings (SSSR count). The molecule has 0 saturated heterocycles. The number of esters is 2. The lowest BCUT2D eigenvalue weighted by Gasteiger charge is -2.31. The number of nitrogens with one attached hydrogen (secondary N) is 2. The number of carbonyl (C=O) groups is 2. The standard InChI is InChI=1S/C36H41N3O6.ClH/c1-24(19-21-38(4)22-20-31(27-13-8-6-9-14-27)28-15-10-7-11-16-28)45-36(41)33-26(3)37-25(2)32(35(40)44-5)34(33)29-17-12-18-30(23-29)39(42)43;/h6-18,23-24,31,34,37H,19-22H2,1-5H3;1H. The molecule has 0 radical (unpaired) electrons. The van der Waals surface area contributed by atoms with Crippen LogP contribution in [-0.2, 0) is 19.1 Å². The number of carbonyl (C=O) groups excluding carboxylic acids is 2. The molecule has 244 valence electrons. The molecule has 3 unspecified atom stereocenters. The highest BCUT2D eigenvalue weighted by molar-refractivity contribution is 6.00. The number of methoxy groups -OCH3 is 1. The van der Waals surface area contributed by atoms with E-state index in [9.17, 15) is 19.7 Å². The Kier molecular flexibility index (Phi) is 13.1. The monoisotopic (exact) mass is 647 g/mol. The molecular formula is C36H42ClN3O6. The Labute approximate surface area is 276 Å². The van der Waals surface area contributed by atoms with Crippen LogP contribution in [0.1, 0.15) is 62.1 Å². The van der Waals surface area contributed by atoms with Crippen LogP contribution in [0.15, 0.2) is 107 Å². The molecule has 3 aromatic rings. The van der Waals surface area contributed by atoms with Crippen LogP contribution < -0.4 is 22.6 Å². The summed E-state index contributed by atoms with van der Waals surface area (Å²) in [7, 11) is 3.41. The topological polar surface area (TPSA) is 112 Å². The van der Waals surface area contributed by atoms with Gasteiger partial charge in [-0.25, -0.2) is 9.59 Å². The molecule has 1 heterocycles. The highest BCUT2D eigenvalue weighted by atomic mass is 35.5. The van der Waals surface area contributed by atoms with Crippen LogP contribution in [-0.4, -0.2) is 50.2 Å². The minimum Gasteiger partial charge on any atom is -1.00 e. The summed E-state index contributed by atoms with van der Waals surface area (Å²) in [5.41, 5.74) is 4.33. The summed E-state index contributed by atoms with van der Waals surface area (Å²) in [4.78, 5) is 39.0. The predicted octanol–water partition coefficient (Wildman–Crippen LogP) is 2.07. The highest BCUT2D eigenvalue weighted by Crippen LogP contribution is 2.40. The van der Waals surface area contributed by atoms with Gasteiger partial charge in [-0.1, -0.05) is 72.8 Å². The largest absolute Gasteiger partial charge is 1.00 e. The second-order valence-electron chi connectivity index (χ2n) is 11.6. The maximum absolute atomic E-state index is 13.7. The Hall–Kier alpha value is -4.47. The number of nitrogens with zero attached hydrogens (tertiary/aromatic N) is 1. The lowest BCUT2D eigenvalue weighted by Crippen LogP contribution is -3.09. The fourth-order valence-electron chi connectivity index (χ4n) is 5.96. The van der Waals surface area contributed by atoms with Gasteiger partial charge in [0.05, 0.1) is 49.2 Å². The Morgan fingerprint density at radius 3 is 1.96 bits per heavy atom. The van der Waals surface area contributed by atoms with E-state index >= 15 is 0 Å². The van der Waals surface area contributed by atoms with Crippen LogP contribution in [0, 0.1) is 10.1 Å². The summed E-state index contributed by atoms with van der Waals surface area (Å²) < 4.78 is 11.0. The van der Waals surface area contributed by atoms with E-state index in [1.54, 1.807) is 26.0 Å². The first kappa shape index (κ1) is 36.0. The molecular weight excluding hydrogens is 606 g/mol.